The molecule has 0 bridgehead atoms. The van der Waals surface area contributed by atoms with E-state index < -0.39 is 0 Å². The van der Waals surface area contributed by atoms with Crippen LogP contribution in [-0.4, -0.2) is 16.1 Å². The third-order valence-electron chi connectivity index (χ3n) is 3.34. The molecule has 0 aliphatic rings. The van der Waals surface area contributed by atoms with E-state index in [1.807, 2.05) is 6.20 Å². The second-order valence-corrected chi connectivity index (χ2v) is 5.67. The van der Waals surface area contributed by atoms with Crippen LogP contribution in [0.15, 0.2) is 36.7 Å². The van der Waals surface area contributed by atoms with Crippen LogP contribution in [0, 0.1) is 5.92 Å². The van der Waals surface area contributed by atoms with Gasteiger partial charge in [0.25, 0.3) is 0 Å². The fraction of sp³-hybridized carbons (Fsp3) is 0.471. The molecule has 20 heavy (non-hydrogen) atoms. The van der Waals surface area contributed by atoms with Crippen molar-refractivity contribution in [2.75, 3.05) is 6.54 Å². The summed E-state index contributed by atoms with van der Waals surface area (Å²) < 4.78 is 2.22. The zero-order valence-corrected chi connectivity index (χ0v) is 12.8. The molecule has 0 spiro atoms. The lowest BCUT2D eigenvalue weighted by molar-refractivity contribution is 0.552. The highest BCUT2D eigenvalue weighted by molar-refractivity contribution is 5.24. The number of nitrogens with one attached hydrogen (secondary N) is 1. The van der Waals surface area contributed by atoms with E-state index in [9.17, 15) is 0 Å². The Balaban J connectivity index is 1.99. The Labute approximate surface area is 122 Å². The van der Waals surface area contributed by atoms with Crippen molar-refractivity contribution in [2.24, 2.45) is 5.92 Å². The molecular weight excluding hydrogens is 246 g/mol. The van der Waals surface area contributed by atoms with E-state index >= 15 is 0 Å². The second kappa shape index (κ2) is 7.25. The van der Waals surface area contributed by atoms with Gasteiger partial charge in [0.1, 0.15) is 5.82 Å². The Morgan fingerprint density at radius 1 is 1.25 bits per heavy atom. The van der Waals surface area contributed by atoms with Crippen LogP contribution in [0.2, 0.25) is 0 Å². The molecule has 2 rings (SSSR count). The topological polar surface area (TPSA) is 29.9 Å². The van der Waals surface area contributed by atoms with E-state index in [4.69, 9.17) is 0 Å². The molecule has 0 radical (unpaired) electrons. The number of benzene rings is 1. The van der Waals surface area contributed by atoms with E-state index in [1.54, 1.807) is 0 Å². The van der Waals surface area contributed by atoms with E-state index in [2.05, 4.69) is 66.1 Å². The second-order valence-electron chi connectivity index (χ2n) is 5.67. The molecule has 0 unspecified atom stereocenters. The average molecular weight is 271 g/mol. The van der Waals surface area contributed by atoms with Crippen molar-refractivity contribution in [1.82, 2.24) is 14.9 Å². The van der Waals surface area contributed by atoms with Crippen molar-refractivity contribution < 1.29 is 0 Å². The van der Waals surface area contributed by atoms with E-state index in [0.29, 0.717) is 5.92 Å². The van der Waals surface area contributed by atoms with Crippen molar-refractivity contribution in [3.05, 3.63) is 53.6 Å². The molecule has 3 heteroatoms. The van der Waals surface area contributed by atoms with Crippen LogP contribution >= 0.6 is 0 Å². The summed E-state index contributed by atoms with van der Waals surface area (Å²) in [5, 5.41) is 3.49. The van der Waals surface area contributed by atoms with Gasteiger partial charge < -0.3 is 9.88 Å². The molecule has 2 aromatic rings. The van der Waals surface area contributed by atoms with E-state index in [1.165, 1.54) is 11.1 Å². The monoisotopic (exact) mass is 271 g/mol. The van der Waals surface area contributed by atoms with Crippen molar-refractivity contribution >= 4 is 0 Å². The first-order valence-corrected chi connectivity index (χ1v) is 7.47. The summed E-state index contributed by atoms with van der Waals surface area (Å²) in [6, 6.07) is 8.80. The van der Waals surface area contributed by atoms with Gasteiger partial charge in [0, 0.05) is 31.9 Å². The van der Waals surface area contributed by atoms with Crippen LogP contribution in [-0.2, 0) is 19.5 Å². The van der Waals surface area contributed by atoms with Crippen LogP contribution < -0.4 is 5.32 Å². The molecule has 108 valence electrons. The van der Waals surface area contributed by atoms with Gasteiger partial charge in [-0.2, -0.15) is 0 Å². The third-order valence-corrected chi connectivity index (χ3v) is 3.34. The fourth-order valence-corrected chi connectivity index (χ4v) is 2.34. The van der Waals surface area contributed by atoms with Gasteiger partial charge in [-0.25, -0.2) is 4.98 Å². The standard InChI is InChI=1S/C17H25N3/c1-4-17-19-8-9-20(17)13-16-7-5-6-15(10-16)12-18-11-14(2)3/h5-10,14,18H,4,11-13H2,1-3H3. The highest BCUT2D eigenvalue weighted by Gasteiger charge is 2.02. The van der Waals surface area contributed by atoms with Gasteiger partial charge in [-0.05, 0) is 23.6 Å². The maximum Gasteiger partial charge on any atom is 0.108 e. The normalized spacial score (nSPS) is 11.2. The molecule has 0 fully saturated rings. The zero-order valence-electron chi connectivity index (χ0n) is 12.8. The molecule has 0 atom stereocenters. The smallest absolute Gasteiger partial charge is 0.108 e. The predicted octanol–water partition coefficient (Wildman–Crippen LogP) is 3.24. The lowest BCUT2D eigenvalue weighted by Crippen LogP contribution is -2.19. The van der Waals surface area contributed by atoms with Gasteiger partial charge in [-0.15, -0.1) is 0 Å². The number of nitrogens with zero attached hydrogens (tertiary/aromatic N) is 2. The summed E-state index contributed by atoms with van der Waals surface area (Å²) >= 11 is 0. The van der Waals surface area contributed by atoms with Crippen LogP contribution in [0.3, 0.4) is 0 Å². The Morgan fingerprint density at radius 3 is 2.80 bits per heavy atom. The van der Waals surface area contributed by atoms with Crippen molar-refractivity contribution in [2.45, 2.75) is 40.3 Å². The molecule has 0 aliphatic heterocycles. The number of hydrogen-bond donors (Lipinski definition) is 1. The minimum absolute atomic E-state index is 0.691. The van der Waals surface area contributed by atoms with Gasteiger partial charge in [0.05, 0.1) is 0 Å². The molecule has 1 aromatic heterocycles. The van der Waals surface area contributed by atoms with Gasteiger partial charge in [-0.1, -0.05) is 45.0 Å². The first kappa shape index (κ1) is 14.8. The molecule has 0 aliphatic carbocycles. The maximum absolute atomic E-state index is 4.37. The minimum atomic E-state index is 0.691. The number of aromatic nitrogens is 2. The molecule has 1 N–H and O–H groups in total. The lowest BCUT2D eigenvalue weighted by atomic mass is 10.1. The van der Waals surface area contributed by atoms with Crippen LogP contribution in [0.5, 0.6) is 0 Å². The van der Waals surface area contributed by atoms with Crippen molar-refractivity contribution in [3.63, 3.8) is 0 Å². The molecular formula is C17H25N3. The lowest BCUT2D eigenvalue weighted by Gasteiger charge is -2.10. The number of rotatable bonds is 7. The number of aryl methyl sites for hydroxylation is 1. The summed E-state index contributed by atoms with van der Waals surface area (Å²) in [4.78, 5) is 4.37. The van der Waals surface area contributed by atoms with Crippen molar-refractivity contribution in [3.8, 4) is 0 Å². The summed E-state index contributed by atoms with van der Waals surface area (Å²) in [7, 11) is 0. The van der Waals surface area contributed by atoms with Gasteiger partial charge in [0.2, 0.25) is 0 Å². The first-order valence-electron chi connectivity index (χ1n) is 7.47. The van der Waals surface area contributed by atoms with E-state index in [0.717, 1.165) is 31.9 Å². The number of imidazole rings is 1. The largest absolute Gasteiger partial charge is 0.331 e. The van der Waals surface area contributed by atoms with E-state index in [-0.39, 0.29) is 0 Å². The van der Waals surface area contributed by atoms with Crippen LogP contribution in [0.4, 0.5) is 0 Å². The molecule has 0 saturated heterocycles. The highest BCUT2D eigenvalue weighted by Crippen LogP contribution is 2.09. The summed E-state index contributed by atoms with van der Waals surface area (Å²) in [5.74, 6) is 1.84. The minimum Gasteiger partial charge on any atom is -0.331 e. The SMILES string of the molecule is CCc1nccn1Cc1cccc(CNCC(C)C)c1. The van der Waals surface area contributed by atoms with Crippen LogP contribution in [0.1, 0.15) is 37.7 Å². The fourth-order valence-electron chi connectivity index (χ4n) is 2.34. The Kier molecular flexibility index (Phi) is 5.36. The first-order chi connectivity index (χ1) is 9.69. The molecule has 0 saturated carbocycles. The maximum atomic E-state index is 4.37. The Bertz CT molecular complexity index is 529. The average Bonchev–Trinajstić information content (AvgIpc) is 2.86. The molecule has 0 amide bonds. The Hall–Kier alpha value is -1.61. The molecule has 1 heterocycles. The summed E-state index contributed by atoms with van der Waals surface area (Å²) in [5.41, 5.74) is 2.68. The summed E-state index contributed by atoms with van der Waals surface area (Å²) in [6.07, 6.45) is 4.91. The summed E-state index contributed by atoms with van der Waals surface area (Å²) in [6.45, 7) is 9.51. The Morgan fingerprint density at radius 2 is 2.05 bits per heavy atom. The number of hydrogen-bond acceptors (Lipinski definition) is 2. The molecule has 1 aromatic carbocycles. The van der Waals surface area contributed by atoms with Crippen LogP contribution in [0.25, 0.3) is 0 Å². The third kappa shape index (κ3) is 4.20. The quantitative estimate of drug-likeness (QED) is 0.838. The van der Waals surface area contributed by atoms with Gasteiger partial charge in [-0.3, -0.25) is 0 Å². The van der Waals surface area contributed by atoms with Crippen molar-refractivity contribution in [1.29, 1.82) is 0 Å². The van der Waals surface area contributed by atoms with Gasteiger partial charge in [0.15, 0.2) is 0 Å². The van der Waals surface area contributed by atoms with Gasteiger partial charge >= 0.3 is 0 Å². The zero-order chi connectivity index (χ0) is 14.4. The molecule has 3 nitrogen and oxygen atoms in total. The highest BCUT2D eigenvalue weighted by atomic mass is 15.1. The predicted molar refractivity (Wildman–Crippen MR) is 83.7 cm³/mol.